The smallest absolute Gasteiger partial charge is 0.0991 e. The Hall–Kier alpha value is -1.95. The van der Waals surface area contributed by atoms with Crippen molar-refractivity contribution in [3.8, 4) is 6.07 Å². The summed E-state index contributed by atoms with van der Waals surface area (Å²) in [5.74, 6) is 0.839. The van der Waals surface area contributed by atoms with Crippen molar-refractivity contribution in [1.29, 1.82) is 5.26 Å². The van der Waals surface area contributed by atoms with E-state index in [9.17, 15) is 0 Å². The molecule has 94 valence electrons. The summed E-state index contributed by atoms with van der Waals surface area (Å²) >= 11 is 0. The van der Waals surface area contributed by atoms with Crippen LogP contribution >= 0.6 is 0 Å². The van der Waals surface area contributed by atoms with Gasteiger partial charge in [0.05, 0.1) is 17.5 Å². The Kier molecular flexibility index (Phi) is 4.25. The van der Waals surface area contributed by atoms with Gasteiger partial charge in [0.15, 0.2) is 0 Å². The number of anilines is 1. The van der Waals surface area contributed by atoms with Gasteiger partial charge in [-0.3, -0.25) is 0 Å². The molecule has 1 aliphatic rings. The largest absolute Gasteiger partial charge is 0.369 e. The van der Waals surface area contributed by atoms with Crippen LogP contribution in [0.2, 0.25) is 0 Å². The second-order valence-corrected chi connectivity index (χ2v) is 4.77. The molecule has 2 N–H and O–H groups in total. The van der Waals surface area contributed by atoms with Crippen molar-refractivity contribution in [1.82, 2.24) is 5.32 Å². The normalized spacial score (nSPS) is 15.7. The van der Waals surface area contributed by atoms with Gasteiger partial charge in [-0.15, -0.1) is 0 Å². The zero-order chi connectivity index (χ0) is 12.8. The van der Waals surface area contributed by atoms with E-state index in [2.05, 4.69) is 23.3 Å². The molecule has 0 saturated heterocycles. The molecule has 1 aromatic rings. The fraction of sp³-hybridized carbons (Fsp3) is 0.400. The molecule has 0 amide bonds. The first kappa shape index (κ1) is 12.5. The van der Waals surface area contributed by atoms with Crippen LogP contribution < -0.4 is 10.6 Å². The first-order valence-corrected chi connectivity index (χ1v) is 6.50. The van der Waals surface area contributed by atoms with Crippen LogP contribution in [0.4, 0.5) is 5.69 Å². The topological polar surface area (TPSA) is 47.9 Å². The molecular weight excluding hydrogens is 222 g/mol. The minimum absolute atomic E-state index is 0.553. The van der Waals surface area contributed by atoms with Crippen LogP contribution in [0.3, 0.4) is 0 Å². The lowest BCUT2D eigenvalue weighted by molar-refractivity contribution is 0.398. The summed E-state index contributed by atoms with van der Waals surface area (Å²) in [6.07, 6.45) is 6.43. The van der Waals surface area contributed by atoms with Crippen LogP contribution in [-0.4, -0.2) is 6.04 Å². The van der Waals surface area contributed by atoms with Gasteiger partial charge >= 0.3 is 0 Å². The van der Waals surface area contributed by atoms with Crippen LogP contribution in [-0.2, 0) is 0 Å². The Morgan fingerprint density at radius 3 is 2.44 bits per heavy atom. The highest BCUT2D eigenvalue weighted by Gasteiger charge is 2.13. The molecule has 3 heteroatoms. The maximum atomic E-state index is 8.73. The zero-order valence-corrected chi connectivity index (χ0v) is 10.6. The summed E-state index contributed by atoms with van der Waals surface area (Å²) in [6.45, 7) is 4.00. The molecule has 0 bridgehead atoms. The molecule has 0 heterocycles. The van der Waals surface area contributed by atoms with Gasteiger partial charge in [-0.1, -0.05) is 25.8 Å². The van der Waals surface area contributed by atoms with E-state index >= 15 is 0 Å². The summed E-state index contributed by atoms with van der Waals surface area (Å²) in [5, 5.41) is 15.4. The van der Waals surface area contributed by atoms with Crippen LogP contribution in [0.25, 0.3) is 0 Å². The third kappa shape index (κ3) is 3.53. The summed E-state index contributed by atoms with van der Waals surface area (Å²) in [5.41, 5.74) is 1.63. The van der Waals surface area contributed by atoms with E-state index in [0.717, 1.165) is 11.5 Å². The van der Waals surface area contributed by atoms with Crippen LogP contribution in [0.5, 0.6) is 0 Å². The van der Waals surface area contributed by atoms with Crippen molar-refractivity contribution in [2.75, 3.05) is 5.32 Å². The number of nitrogens with zero attached hydrogens (tertiary/aromatic N) is 1. The Morgan fingerprint density at radius 1 is 1.17 bits per heavy atom. The van der Waals surface area contributed by atoms with Gasteiger partial charge in [0.25, 0.3) is 0 Å². The minimum atomic E-state index is 0.553. The quantitative estimate of drug-likeness (QED) is 0.849. The van der Waals surface area contributed by atoms with Crippen molar-refractivity contribution in [2.45, 2.75) is 38.1 Å². The standard InChI is InChI=1S/C15H19N3/c1-12(17-14-5-3-2-4-6-14)18-15-9-7-13(11-16)8-10-15/h7-10,14,17-18H,1-6H2. The summed E-state index contributed by atoms with van der Waals surface area (Å²) < 4.78 is 0. The number of rotatable bonds is 4. The average Bonchev–Trinajstić information content (AvgIpc) is 2.40. The fourth-order valence-electron chi connectivity index (χ4n) is 2.33. The Labute approximate surface area is 109 Å². The van der Waals surface area contributed by atoms with E-state index in [-0.39, 0.29) is 0 Å². The average molecular weight is 241 g/mol. The molecule has 1 saturated carbocycles. The van der Waals surface area contributed by atoms with Crippen molar-refractivity contribution in [3.63, 3.8) is 0 Å². The van der Waals surface area contributed by atoms with Gasteiger partial charge in [-0.05, 0) is 37.1 Å². The lowest BCUT2D eigenvalue weighted by atomic mass is 9.96. The second kappa shape index (κ2) is 6.11. The second-order valence-electron chi connectivity index (χ2n) is 4.77. The van der Waals surface area contributed by atoms with E-state index in [1.165, 1.54) is 32.1 Å². The van der Waals surface area contributed by atoms with Gasteiger partial charge in [0.2, 0.25) is 0 Å². The molecule has 18 heavy (non-hydrogen) atoms. The van der Waals surface area contributed by atoms with Crippen LogP contribution in [0, 0.1) is 11.3 Å². The molecular formula is C15H19N3. The number of benzene rings is 1. The summed E-state index contributed by atoms with van der Waals surface area (Å²) in [4.78, 5) is 0. The van der Waals surface area contributed by atoms with E-state index in [1.54, 1.807) is 12.1 Å². The Balaban J connectivity index is 1.84. The first-order chi connectivity index (χ1) is 8.78. The number of hydrogen-bond donors (Lipinski definition) is 2. The highest BCUT2D eigenvalue weighted by atomic mass is 15.1. The molecule has 2 rings (SSSR count). The summed E-state index contributed by atoms with van der Waals surface area (Å²) in [6, 6.07) is 10.1. The molecule has 0 aromatic heterocycles. The predicted octanol–water partition coefficient (Wildman–Crippen LogP) is 3.36. The lowest BCUT2D eigenvalue weighted by Gasteiger charge is -2.25. The highest BCUT2D eigenvalue weighted by Crippen LogP contribution is 2.18. The van der Waals surface area contributed by atoms with Gasteiger partial charge in [-0.25, -0.2) is 0 Å². The maximum Gasteiger partial charge on any atom is 0.0991 e. The van der Waals surface area contributed by atoms with Gasteiger partial charge < -0.3 is 10.6 Å². The highest BCUT2D eigenvalue weighted by molar-refractivity contribution is 5.50. The van der Waals surface area contributed by atoms with Gasteiger partial charge in [-0.2, -0.15) is 5.26 Å². The van der Waals surface area contributed by atoms with Crippen LogP contribution in [0.15, 0.2) is 36.7 Å². The number of hydrogen-bond acceptors (Lipinski definition) is 3. The monoisotopic (exact) mass is 241 g/mol. The molecule has 0 spiro atoms. The van der Waals surface area contributed by atoms with Crippen molar-refractivity contribution in [2.24, 2.45) is 0 Å². The SMILES string of the molecule is C=C(Nc1ccc(C#N)cc1)NC1CCCCC1. The molecule has 3 nitrogen and oxygen atoms in total. The zero-order valence-electron chi connectivity index (χ0n) is 10.6. The molecule has 1 fully saturated rings. The van der Waals surface area contributed by atoms with E-state index in [1.807, 2.05) is 12.1 Å². The van der Waals surface area contributed by atoms with Crippen molar-refractivity contribution in [3.05, 3.63) is 42.2 Å². The molecule has 0 radical (unpaired) electrons. The van der Waals surface area contributed by atoms with Gasteiger partial charge in [0.1, 0.15) is 0 Å². The van der Waals surface area contributed by atoms with E-state index in [0.29, 0.717) is 11.6 Å². The first-order valence-electron chi connectivity index (χ1n) is 6.50. The molecule has 0 atom stereocenters. The molecule has 1 aromatic carbocycles. The van der Waals surface area contributed by atoms with Crippen molar-refractivity contribution < 1.29 is 0 Å². The maximum absolute atomic E-state index is 8.73. The minimum Gasteiger partial charge on any atom is -0.369 e. The summed E-state index contributed by atoms with van der Waals surface area (Å²) in [7, 11) is 0. The molecule has 0 aliphatic heterocycles. The van der Waals surface area contributed by atoms with Crippen LogP contribution in [0.1, 0.15) is 37.7 Å². The number of nitriles is 1. The lowest BCUT2D eigenvalue weighted by Crippen LogP contribution is -2.32. The van der Waals surface area contributed by atoms with Crippen molar-refractivity contribution >= 4 is 5.69 Å². The third-order valence-electron chi connectivity index (χ3n) is 3.29. The molecule has 1 aliphatic carbocycles. The van der Waals surface area contributed by atoms with E-state index < -0.39 is 0 Å². The Bertz CT molecular complexity index is 436. The predicted molar refractivity (Wildman–Crippen MR) is 73.9 cm³/mol. The third-order valence-corrected chi connectivity index (χ3v) is 3.29. The molecule has 0 unspecified atom stereocenters. The number of nitrogens with one attached hydrogen (secondary N) is 2. The van der Waals surface area contributed by atoms with E-state index in [4.69, 9.17) is 5.26 Å². The fourth-order valence-corrected chi connectivity index (χ4v) is 2.33. The Morgan fingerprint density at radius 2 is 1.83 bits per heavy atom. The van der Waals surface area contributed by atoms with Gasteiger partial charge in [0, 0.05) is 11.7 Å².